The van der Waals surface area contributed by atoms with Crippen LogP contribution in [0.1, 0.15) is 22.3 Å². The van der Waals surface area contributed by atoms with E-state index in [-0.39, 0.29) is 0 Å². The fraction of sp³-hybridized carbons (Fsp3) is 0.0164. The van der Waals surface area contributed by atoms with Crippen molar-refractivity contribution in [3.8, 4) is 33.6 Å². The van der Waals surface area contributed by atoms with E-state index in [4.69, 9.17) is 8.83 Å². The summed E-state index contributed by atoms with van der Waals surface area (Å²) in [6.45, 7) is 0. The van der Waals surface area contributed by atoms with Gasteiger partial charge in [0.25, 0.3) is 0 Å². The Hall–Kier alpha value is -8.60. The summed E-state index contributed by atoms with van der Waals surface area (Å²) >= 11 is 0. The molecule has 4 nitrogen and oxygen atoms in total. The van der Waals surface area contributed by atoms with Gasteiger partial charge in [-0.3, -0.25) is 0 Å². The van der Waals surface area contributed by atoms with E-state index < -0.39 is 5.41 Å². The average molecular weight is 827 g/mol. The van der Waals surface area contributed by atoms with Crippen molar-refractivity contribution in [3.63, 3.8) is 0 Å². The zero-order valence-electron chi connectivity index (χ0n) is 34.8. The minimum Gasteiger partial charge on any atom is -0.456 e. The molecular weight excluding hydrogens is 793 g/mol. The number of rotatable bonds is 2. The van der Waals surface area contributed by atoms with Crippen LogP contribution in [-0.2, 0) is 5.41 Å². The molecule has 0 saturated carbocycles. The maximum atomic E-state index is 6.34. The molecule has 1 spiro atoms. The van der Waals surface area contributed by atoms with E-state index in [1.165, 1.54) is 88.1 Å². The molecule has 16 rings (SSSR count). The van der Waals surface area contributed by atoms with Crippen molar-refractivity contribution in [2.24, 2.45) is 0 Å². The molecule has 2 aliphatic carbocycles. The van der Waals surface area contributed by atoms with Gasteiger partial charge in [-0.15, -0.1) is 0 Å². The van der Waals surface area contributed by atoms with Crippen molar-refractivity contribution >= 4 is 87.5 Å². The Bertz CT molecular complexity index is 4150. The van der Waals surface area contributed by atoms with Gasteiger partial charge in [-0.05, 0) is 117 Å². The van der Waals surface area contributed by atoms with Gasteiger partial charge in [-0.2, -0.15) is 0 Å². The van der Waals surface area contributed by atoms with Gasteiger partial charge < -0.3 is 18.0 Å². The van der Waals surface area contributed by atoms with Crippen LogP contribution in [0.2, 0.25) is 0 Å². The molecule has 0 radical (unpaired) electrons. The van der Waals surface area contributed by atoms with E-state index in [1.54, 1.807) is 0 Å². The van der Waals surface area contributed by atoms with Crippen molar-refractivity contribution < 1.29 is 8.83 Å². The predicted molar refractivity (Wildman–Crippen MR) is 266 cm³/mol. The highest BCUT2D eigenvalue weighted by Gasteiger charge is 2.53. The lowest BCUT2D eigenvalue weighted by molar-refractivity contribution is 0.668. The van der Waals surface area contributed by atoms with Gasteiger partial charge in [0.15, 0.2) is 0 Å². The second-order valence-corrected chi connectivity index (χ2v) is 17.9. The molecule has 300 valence electrons. The Morgan fingerprint density at radius 2 is 0.692 bits per heavy atom. The SMILES string of the molecule is c1ccc2c(c1)-c1ccccc1C21c2ccc3c(c2-c2c1ccc1c2c2ccccc2n1-c1ccc2oc4ccccc4c2c1)c1ccccc1n3-c1ccc2oc3ccccc3c2c1. The summed E-state index contributed by atoms with van der Waals surface area (Å²) in [6, 6.07) is 76.0. The molecule has 4 heterocycles. The number of aromatic nitrogens is 2. The number of fused-ring (bicyclic) bond motifs is 24. The molecule has 4 aromatic heterocycles. The van der Waals surface area contributed by atoms with Gasteiger partial charge >= 0.3 is 0 Å². The van der Waals surface area contributed by atoms with Crippen LogP contribution in [-0.4, -0.2) is 9.13 Å². The van der Waals surface area contributed by atoms with Crippen LogP contribution in [0.25, 0.3) is 121 Å². The Balaban J connectivity index is 1.08. The lowest BCUT2D eigenvalue weighted by Gasteiger charge is -2.30. The molecule has 0 amide bonds. The van der Waals surface area contributed by atoms with E-state index in [1.807, 2.05) is 12.1 Å². The van der Waals surface area contributed by atoms with Crippen molar-refractivity contribution in [2.75, 3.05) is 0 Å². The van der Waals surface area contributed by atoms with Crippen molar-refractivity contribution in [1.82, 2.24) is 9.13 Å². The van der Waals surface area contributed by atoms with E-state index >= 15 is 0 Å². The van der Waals surface area contributed by atoms with Crippen LogP contribution in [0.4, 0.5) is 0 Å². The van der Waals surface area contributed by atoms with Crippen LogP contribution in [0.15, 0.2) is 215 Å². The van der Waals surface area contributed by atoms with Gasteiger partial charge in [-0.1, -0.05) is 133 Å². The van der Waals surface area contributed by atoms with Crippen LogP contribution in [0.3, 0.4) is 0 Å². The summed E-state index contributed by atoms with van der Waals surface area (Å²) in [5, 5.41) is 9.49. The number of hydrogen-bond acceptors (Lipinski definition) is 2. The summed E-state index contributed by atoms with van der Waals surface area (Å²) in [5.74, 6) is 0. The Kier molecular flexibility index (Phi) is 6.21. The molecule has 0 aliphatic heterocycles. The Labute approximate surface area is 371 Å². The van der Waals surface area contributed by atoms with E-state index in [2.05, 4.69) is 203 Å². The lowest BCUT2D eigenvalue weighted by atomic mass is 9.70. The van der Waals surface area contributed by atoms with Gasteiger partial charge in [0.1, 0.15) is 22.3 Å². The average Bonchev–Trinajstić information content (AvgIpc) is 4.20. The van der Waals surface area contributed by atoms with Crippen molar-refractivity contribution in [1.29, 1.82) is 0 Å². The molecule has 0 N–H and O–H groups in total. The van der Waals surface area contributed by atoms with Gasteiger partial charge in [0, 0.05) is 54.5 Å². The third-order valence-electron chi connectivity index (χ3n) is 14.9. The predicted octanol–water partition coefficient (Wildman–Crippen LogP) is 16.0. The fourth-order valence-electron chi connectivity index (χ4n) is 12.5. The van der Waals surface area contributed by atoms with Gasteiger partial charge in [-0.25, -0.2) is 0 Å². The molecule has 65 heavy (non-hydrogen) atoms. The topological polar surface area (TPSA) is 36.1 Å². The van der Waals surface area contributed by atoms with E-state index in [0.717, 1.165) is 55.3 Å². The molecule has 0 bridgehead atoms. The molecule has 0 saturated heterocycles. The molecule has 10 aromatic carbocycles. The third kappa shape index (κ3) is 4.05. The second-order valence-electron chi connectivity index (χ2n) is 17.9. The zero-order chi connectivity index (χ0) is 42.1. The van der Waals surface area contributed by atoms with Gasteiger partial charge in [0.05, 0.1) is 27.5 Å². The first-order valence-corrected chi connectivity index (χ1v) is 22.4. The Morgan fingerprint density at radius 1 is 0.292 bits per heavy atom. The number of hydrogen-bond donors (Lipinski definition) is 0. The number of benzene rings is 10. The summed E-state index contributed by atoms with van der Waals surface area (Å²) < 4.78 is 17.6. The van der Waals surface area contributed by atoms with Crippen LogP contribution in [0.5, 0.6) is 0 Å². The highest BCUT2D eigenvalue weighted by Crippen LogP contribution is 2.66. The van der Waals surface area contributed by atoms with E-state index in [0.29, 0.717) is 0 Å². The lowest BCUT2D eigenvalue weighted by Crippen LogP contribution is -2.25. The first-order valence-electron chi connectivity index (χ1n) is 22.4. The number of nitrogens with zero attached hydrogens (tertiary/aromatic N) is 2. The molecule has 0 fully saturated rings. The molecule has 0 unspecified atom stereocenters. The first-order chi connectivity index (χ1) is 32.3. The van der Waals surface area contributed by atoms with Crippen LogP contribution < -0.4 is 0 Å². The van der Waals surface area contributed by atoms with Crippen LogP contribution in [0, 0.1) is 0 Å². The minimum absolute atomic E-state index is 0.532. The zero-order valence-corrected chi connectivity index (χ0v) is 34.8. The van der Waals surface area contributed by atoms with Gasteiger partial charge in [0.2, 0.25) is 0 Å². The number of furan rings is 2. The quantitative estimate of drug-likeness (QED) is 0.174. The van der Waals surface area contributed by atoms with Crippen molar-refractivity contribution in [2.45, 2.75) is 5.41 Å². The maximum Gasteiger partial charge on any atom is 0.135 e. The monoisotopic (exact) mass is 826 g/mol. The van der Waals surface area contributed by atoms with Crippen LogP contribution >= 0.6 is 0 Å². The molecular formula is C61H34N2O2. The summed E-state index contributed by atoms with van der Waals surface area (Å²) in [7, 11) is 0. The third-order valence-corrected chi connectivity index (χ3v) is 14.9. The molecule has 14 aromatic rings. The maximum absolute atomic E-state index is 6.34. The minimum atomic E-state index is -0.532. The summed E-state index contributed by atoms with van der Waals surface area (Å²) in [6.07, 6.45) is 0. The Morgan fingerprint density at radius 3 is 1.18 bits per heavy atom. The molecule has 4 heteroatoms. The highest BCUT2D eigenvalue weighted by atomic mass is 16.3. The summed E-state index contributed by atoms with van der Waals surface area (Å²) in [4.78, 5) is 0. The standard InChI is InChI=1S/C61H34N2O2/c1-7-19-45-37(13-1)38-14-2-8-20-46(38)61(45)47-27-29-51-57(41-17-3-9-21-49(41)62(51)35-25-31-55-43(33-35)39-15-5-11-23-53(39)64-55)59(47)60-48(61)28-30-52-58(60)42-18-4-10-22-50(42)63(52)36-26-32-56-44(34-36)40-16-6-12-24-54(40)65-56/h1-34H. The van der Waals surface area contributed by atoms with E-state index in [9.17, 15) is 0 Å². The first kappa shape index (κ1) is 34.0. The largest absolute Gasteiger partial charge is 0.456 e. The summed E-state index contributed by atoms with van der Waals surface area (Å²) in [5.41, 5.74) is 20.5. The number of para-hydroxylation sites is 4. The fourth-order valence-corrected chi connectivity index (χ4v) is 12.5. The normalized spacial score (nSPS) is 13.7. The highest BCUT2D eigenvalue weighted by molar-refractivity contribution is 6.26. The smallest absolute Gasteiger partial charge is 0.135 e. The molecule has 0 atom stereocenters. The van der Waals surface area contributed by atoms with Crippen molar-refractivity contribution in [3.05, 3.63) is 229 Å². The second kappa shape index (κ2) is 11.9. The molecule has 2 aliphatic rings.